The van der Waals surface area contributed by atoms with E-state index in [4.69, 9.17) is 4.98 Å². The quantitative estimate of drug-likeness (QED) is 0.0860. The van der Waals surface area contributed by atoms with Crippen molar-refractivity contribution in [2.45, 2.75) is 153 Å². The Morgan fingerprint density at radius 3 is 2.38 bits per heavy atom. The molecule has 4 atom stereocenters. The number of carbonyl (C=O) groups excluding carboxylic acids is 3. The van der Waals surface area contributed by atoms with E-state index in [9.17, 15) is 28.7 Å². The van der Waals surface area contributed by atoms with Crippen LogP contribution in [0.5, 0.6) is 0 Å². The van der Waals surface area contributed by atoms with Crippen molar-refractivity contribution in [2.24, 2.45) is 5.41 Å². The van der Waals surface area contributed by atoms with Crippen LogP contribution in [0.3, 0.4) is 0 Å². The molecule has 2 saturated carbocycles. The fraction of sp³-hybridized carbons (Fsp3) is 0.527. The van der Waals surface area contributed by atoms with Gasteiger partial charge in [0.2, 0.25) is 17.6 Å². The highest BCUT2D eigenvalue weighted by Crippen LogP contribution is 2.41. The molecule has 13 nitrogen and oxygen atoms in total. The largest absolute Gasteiger partial charge is 0.391 e. The Hall–Kier alpha value is -5.03. The Labute approximate surface area is 426 Å². The molecule has 71 heavy (non-hydrogen) atoms. The van der Waals surface area contributed by atoms with E-state index in [0.717, 1.165) is 113 Å². The average Bonchev–Trinajstić information content (AvgIpc) is 3.80. The topological polar surface area (TPSA) is 154 Å². The summed E-state index contributed by atoms with van der Waals surface area (Å²) < 4.78 is 20.1. The second kappa shape index (κ2) is 20.1. The molecule has 6 aromatic rings. The third-order valence-corrected chi connectivity index (χ3v) is 17.4. The smallest absolute Gasteiger partial charge is 0.283 e. The van der Waals surface area contributed by atoms with Gasteiger partial charge in [-0.2, -0.15) is 4.98 Å². The molecule has 5 heterocycles. The molecule has 376 valence electrons. The Morgan fingerprint density at radius 1 is 0.944 bits per heavy atom. The lowest BCUT2D eigenvalue weighted by atomic mass is 9.85. The number of aryl methyl sites for hydroxylation is 1. The summed E-state index contributed by atoms with van der Waals surface area (Å²) in [6.07, 6.45) is 9.63. The zero-order chi connectivity index (χ0) is 49.8. The van der Waals surface area contributed by atoms with E-state index in [1.165, 1.54) is 23.3 Å². The maximum atomic E-state index is 14.8. The Morgan fingerprint density at radius 2 is 1.69 bits per heavy atom. The molecule has 0 radical (unpaired) electrons. The van der Waals surface area contributed by atoms with E-state index in [1.807, 2.05) is 30.6 Å². The number of aliphatic hydroxyl groups excluding tert-OH is 1. The van der Waals surface area contributed by atoms with Crippen molar-refractivity contribution < 1.29 is 23.9 Å². The van der Waals surface area contributed by atoms with Gasteiger partial charge in [0.15, 0.2) is 5.67 Å². The van der Waals surface area contributed by atoms with Crippen LogP contribution >= 0.6 is 27.3 Å². The molecule has 2 aliphatic heterocycles. The zero-order valence-corrected chi connectivity index (χ0v) is 43.7. The van der Waals surface area contributed by atoms with Crippen LogP contribution < -0.4 is 16.2 Å². The highest BCUT2D eigenvalue weighted by atomic mass is 79.9. The van der Waals surface area contributed by atoms with Crippen LogP contribution in [0.15, 0.2) is 75.4 Å². The number of nitrogens with zero attached hydrogens (tertiary/aromatic N) is 6. The molecule has 0 spiro atoms. The lowest BCUT2D eigenvalue weighted by Gasteiger charge is -2.36. The molecule has 3 N–H and O–H groups in total. The molecule has 2 aliphatic carbocycles. The third kappa shape index (κ3) is 10.1. The fourth-order valence-electron chi connectivity index (χ4n) is 11.5. The minimum atomic E-state index is -1.96. The molecule has 4 aliphatic rings. The highest BCUT2D eigenvalue weighted by molar-refractivity contribution is 9.10. The van der Waals surface area contributed by atoms with Gasteiger partial charge in [-0.1, -0.05) is 82.9 Å². The maximum Gasteiger partial charge on any atom is 0.283 e. The average molecular weight is 1050 g/mol. The number of hydrogen-bond donors (Lipinski definition) is 3. The van der Waals surface area contributed by atoms with E-state index < -0.39 is 41.1 Å². The van der Waals surface area contributed by atoms with Gasteiger partial charge < -0.3 is 30.1 Å². The number of likely N-dealkylation sites (tertiary alicyclic amines) is 2. The van der Waals surface area contributed by atoms with Crippen molar-refractivity contribution in [3.63, 3.8) is 0 Å². The number of nitrogens with one attached hydrogen (secondary N) is 2. The van der Waals surface area contributed by atoms with Gasteiger partial charge in [-0.3, -0.25) is 23.6 Å². The third-order valence-electron chi connectivity index (χ3n) is 15.8. The van der Waals surface area contributed by atoms with E-state index in [-0.39, 0.29) is 43.3 Å². The molecule has 3 aromatic heterocycles. The Bertz CT molecular complexity index is 3020. The van der Waals surface area contributed by atoms with Gasteiger partial charge >= 0.3 is 0 Å². The summed E-state index contributed by atoms with van der Waals surface area (Å²) in [5.74, 6) is -0.491. The summed E-state index contributed by atoms with van der Waals surface area (Å²) in [5.41, 5.74) is 6.34. The number of aliphatic hydroxyl groups is 1. The minimum Gasteiger partial charge on any atom is -0.391 e. The first kappa shape index (κ1) is 49.5. The summed E-state index contributed by atoms with van der Waals surface area (Å²) >= 11 is 5.21. The zero-order valence-electron chi connectivity index (χ0n) is 41.3. The Kier molecular flexibility index (Phi) is 14.0. The number of piperidine rings is 1. The first-order valence-corrected chi connectivity index (χ1v) is 27.4. The maximum absolute atomic E-state index is 14.8. The number of halogens is 2. The van der Waals surface area contributed by atoms with Gasteiger partial charge in [0.1, 0.15) is 12.1 Å². The van der Waals surface area contributed by atoms with Crippen molar-refractivity contribution >= 4 is 72.7 Å². The van der Waals surface area contributed by atoms with Gasteiger partial charge in [-0.15, -0.1) is 11.3 Å². The van der Waals surface area contributed by atoms with E-state index in [0.29, 0.717) is 23.8 Å². The SMILES string of the molecule is Cc1ncsc1-c1ccc([C@H](CCCCCN2CCC(c3ccc4c(c3)n(C3CCCC3)c3nc(=O)c5c(Br)cccc5n43)CC2)NC(=O)[C@@H]2C[C@@H](O)CN2C(=O)[C@@H](NC(=O)C2(F)CC2)C(C)(C)C)cc1. The van der Waals surface area contributed by atoms with Crippen LogP contribution in [0.1, 0.15) is 139 Å². The molecule has 0 bridgehead atoms. The predicted molar refractivity (Wildman–Crippen MR) is 280 cm³/mol. The van der Waals surface area contributed by atoms with Crippen LogP contribution in [-0.4, -0.2) is 102 Å². The minimum absolute atomic E-state index is 0.0523. The number of amides is 3. The fourth-order valence-corrected chi connectivity index (χ4v) is 12.9. The highest BCUT2D eigenvalue weighted by Gasteiger charge is 2.53. The monoisotopic (exact) mass is 1050 g/mol. The van der Waals surface area contributed by atoms with Crippen LogP contribution in [0.4, 0.5) is 4.39 Å². The molecular formula is C55H66BrFN8O5S. The van der Waals surface area contributed by atoms with Crippen LogP contribution in [0.25, 0.3) is 38.2 Å². The van der Waals surface area contributed by atoms with Gasteiger partial charge in [0.05, 0.1) is 50.2 Å². The van der Waals surface area contributed by atoms with Gasteiger partial charge in [0.25, 0.3) is 11.5 Å². The number of β-amino-alcohol motifs (C(OH)–C–C–N with tert-alkyl or cyclic N) is 1. The number of aromatic nitrogens is 4. The molecule has 4 fully saturated rings. The molecule has 16 heteroatoms. The lowest BCUT2D eigenvalue weighted by Crippen LogP contribution is -2.59. The molecule has 0 unspecified atom stereocenters. The first-order valence-electron chi connectivity index (χ1n) is 25.7. The van der Waals surface area contributed by atoms with Crippen molar-refractivity contribution in [3.05, 3.63) is 97.8 Å². The number of rotatable bonds is 15. The molecule has 10 rings (SSSR count). The number of carbonyl (C=O) groups is 3. The Balaban J connectivity index is 0.788. The number of benzene rings is 3. The van der Waals surface area contributed by atoms with Crippen LogP contribution in [0, 0.1) is 12.3 Å². The van der Waals surface area contributed by atoms with Crippen LogP contribution in [-0.2, 0) is 14.4 Å². The standard InChI is InChI=1S/C55H66BrFN8O5S/c1-33-47(71-32-58-33)36-18-16-35(17-19-36)41(59-49(67)45-30-39(66)31-63(45)51(69)48(54(2,3)4)60-52(70)55(57)24-25-55)14-6-5-9-26-62-27-22-34(23-28-62)37-20-21-42-44(29-37)64(38-11-7-8-12-38)53-61-50(68)46-40(56)13-10-15-43(46)65(42)53/h10,13,15-21,29,32,34,38-39,41,45,48,66H,5-9,11-12,14,22-28,30-31H2,1-4H3,(H,59,67)(H,60,70)/t39-,41+,45+,48-/m1/s1. The number of imidazole rings is 1. The van der Waals surface area contributed by atoms with E-state index in [2.05, 4.69) is 87.9 Å². The van der Waals surface area contributed by atoms with Gasteiger partial charge in [-0.05, 0) is 146 Å². The van der Waals surface area contributed by atoms with Crippen molar-refractivity contribution in [3.8, 4) is 10.4 Å². The number of fused-ring (bicyclic) bond motifs is 5. The van der Waals surface area contributed by atoms with Crippen molar-refractivity contribution in [1.29, 1.82) is 0 Å². The number of hydrogen-bond acceptors (Lipinski definition) is 9. The van der Waals surface area contributed by atoms with Crippen molar-refractivity contribution in [2.75, 3.05) is 26.2 Å². The molecule has 3 amide bonds. The first-order chi connectivity index (χ1) is 34.1. The molecular weight excluding hydrogens is 984 g/mol. The summed E-state index contributed by atoms with van der Waals surface area (Å²) in [5, 5.41) is 17.4. The van der Waals surface area contributed by atoms with Gasteiger partial charge in [0, 0.05) is 23.5 Å². The second-order valence-electron chi connectivity index (χ2n) is 21.8. The van der Waals surface area contributed by atoms with Crippen molar-refractivity contribution in [1.82, 2.24) is 39.4 Å². The van der Waals surface area contributed by atoms with E-state index >= 15 is 0 Å². The molecule has 3 aromatic carbocycles. The summed E-state index contributed by atoms with van der Waals surface area (Å²) in [6, 6.07) is 19.0. The normalized spacial score (nSPS) is 20.8. The lowest BCUT2D eigenvalue weighted by molar-refractivity contribution is -0.145. The number of alkyl halides is 1. The second-order valence-corrected chi connectivity index (χ2v) is 23.5. The number of unbranched alkanes of at least 4 members (excludes halogenated alkanes) is 2. The number of thiazole rings is 1. The summed E-state index contributed by atoms with van der Waals surface area (Å²) in [7, 11) is 0. The summed E-state index contributed by atoms with van der Waals surface area (Å²) in [6.45, 7) is 10.4. The van der Waals surface area contributed by atoms with Crippen LogP contribution in [0.2, 0.25) is 0 Å². The predicted octanol–water partition coefficient (Wildman–Crippen LogP) is 9.70. The van der Waals surface area contributed by atoms with Gasteiger partial charge in [-0.25, -0.2) is 9.37 Å². The summed E-state index contributed by atoms with van der Waals surface area (Å²) in [4.78, 5) is 69.0. The van der Waals surface area contributed by atoms with E-state index in [1.54, 1.807) is 32.1 Å². The molecule has 2 saturated heterocycles.